The Bertz CT molecular complexity index is 365. The fourth-order valence-electron chi connectivity index (χ4n) is 3.57. The minimum absolute atomic E-state index is 0.605. The highest BCUT2D eigenvalue weighted by atomic mass is 15.2. The van der Waals surface area contributed by atoms with E-state index in [0.29, 0.717) is 18.1 Å². The molecule has 0 bridgehead atoms. The molecule has 0 amide bonds. The molecule has 4 unspecified atom stereocenters. The summed E-state index contributed by atoms with van der Waals surface area (Å²) >= 11 is 0. The van der Waals surface area contributed by atoms with E-state index in [9.17, 15) is 0 Å². The van der Waals surface area contributed by atoms with Gasteiger partial charge in [0.1, 0.15) is 0 Å². The first kappa shape index (κ1) is 12.2. The van der Waals surface area contributed by atoms with E-state index in [0.717, 1.165) is 6.04 Å². The summed E-state index contributed by atoms with van der Waals surface area (Å²) < 4.78 is 2.28. The molecule has 0 radical (unpaired) electrons. The molecule has 2 aliphatic rings. The summed E-state index contributed by atoms with van der Waals surface area (Å²) in [5.74, 6) is 0. The van der Waals surface area contributed by atoms with Crippen LogP contribution in [0.5, 0.6) is 0 Å². The van der Waals surface area contributed by atoms with Crippen LogP contribution in [-0.4, -0.2) is 46.2 Å². The molecule has 0 aromatic carbocycles. The van der Waals surface area contributed by atoms with Crippen molar-refractivity contribution >= 4 is 0 Å². The van der Waals surface area contributed by atoms with Crippen LogP contribution in [0.2, 0.25) is 0 Å². The third kappa shape index (κ3) is 2.31. The summed E-state index contributed by atoms with van der Waals surface area (Å²) in [5, 5.41) is 3.89. The fourth-order valence-corrected chi connectivity index (χ4v) is 3.57. The van der Waals surface area contributed by atoms with Crippen molar-refractivity contribution in [1.29, 1.82) is 0 Å². The Balaban J connectivity index is 1.62. The van der Waals surface area contributed by atoms with E-state index in [2.05, 4.69) is 39.9 Å². The second kappa shape index (κ2) is 5.02. The topological polar surface area (TPSA) is 33.1 Å². The minimum atomic E-state index is 0.605. The Morgan fingerprint density at radius 3 is 2.89 bits per heavy atom. The molecular weight excluding hydrogens is 224 g/mol. The largest absolute Gasteiger partial charge is 0.333 e. The third-order valence-electron chi connectivity index (χ3n) is 4.72. The van der Waals surface area contributed by atoms with Crippen LogP contribution in [0.4, 0.5) is 0 Å². The van der Waals surface area contributed by atoms with Crippen LogP contribution >= 0.6 is 0 Å². The first-order valence-corrected chi connectivity index (χ1v) is 7.18. The predicted octanol–water partition coefficient (Wildman–Crippen LogP) is 1.66. The van der Waals surface area contributed by atoms with E-state index in [-0.39, 0.29) is 0 Å². The molecule has 1 N–H and O–H groups in total. The lowest BCUT2D eigenvalue weighted by Crippen LogP contribution is -2.42. The quantitative estimate of drug-likeness (QED) is 0.883. The number of nitrogens with zero attached hydrogens (tertiary/aromatic N) is 3. The standard InChI is InChI=1S/C14H24N4/c1-11-8-12(9-17(11)2)16-13-4-3-5-14(13)18-7-6-15-10-18/h6-7,10-14,16H,3-5,8-9H2,1-2H3. The number of nitrogens with one attached hydrogen (secondary N) is 1. The number of hydrogen-bond acceptors (Lipinski definition) is 3. The Morgan fingerprint density at radius 1 is 1.33 bits per heavy atom. The van der Waals surface area contributed by atoms with Crippen molar-refractivity contribution in [3.05, 3.63) is 18.7 Å². The van der Waals surface area contributed by atoms with Crippen molar-refractivity contribution < 1.29 is 0 Å². The number of aromatic nitrogens is 2. The number of imidazole rings is 1. The van der Waals surface area contributed by atoms with Crippen LogP contribution in [0.25, 0.3) is 0 Å². The molecule has 4 nitrogen and oxygen atoms in total. The molecule has 18 heavy (non-hydrogen) atoms. The molecule has 4 heteroatoms. The molecule has 3 rings (SSSR count). The molecule has 1 aliphatic heterocycles. The number of likely N-dealkylation sites (tertiary alicyclic amines) is 1. The van der Waals surface area contributed by atoms with Gasteiger partial charge in [-0.05, 0) is 39.7 Å². The molecule has 1 saturated heterocycles. The summed E-state index contributed by atoms with van der Waals surface area (Å²) in [7, 11) is 2.23. The maximum absolute atomic E-state index is 4.18. The molecular formula is C14H24N4. The van der Waals surface area contributed by atoms with E-state index in [4.69, 9.17) is 0 Å². The Morgan fingerprint density at radius 2 is 2.22 bits per heavy atom. The monoisotopic (exact) mass is 248 g/mol. The van der Waals surface area contributed by atoms with Gasteiger partial charge in [-0.1, -0.05) is 0 Å². The first-order valence-electron chi connectivity index (χ1n) is 7.18. The second-order valence-corrected chi connectivity index (χ2v) is 6.00. The molecule has 2 heterocycles. The van der Waals surface area contributed by atoms with Crippen molar-refractivity contribution in [1.82, 2.24) is 19.8 Å². The lowest BCUT2D eigenvalue weighted by molar-refractivity contribution is 0.316. The highest BCUT2D eigenvalue weighted by Crippen LogP contribution is 2.31. The Hall–Kier alpha value is -0.870. The van der Waals surface area contributed by atoms with E-state index in [1.54, 1.807) is 0 Å². The molecule has 4 atom stereocenters. The maximum atomic E-state index is 4.18. The average Bonchev–Trinajstić information content (AvgIpc) is 3.01. The summed E-state index contributed by atoms with van der Waals surface area (Å²) in [5.41, 5.74) is 0. The fraction of sp³-hybridized carbons (Fsp3) is 0.786. The van der Waals surface area contributed by atoms with Gasteiger partial charge in [0, 0.05) is 43.1 Å². The number of hydrogen-bond donors (Lipinski definition) is 1. The average molecular weight is 248 g/mol. The molecule has 1 aromatic rings. The predicted molar refractivity (Wildman–Crippen MR) is 72.5 cm³/mol. The normalized spacial score (nSPS) is 37.4. The molecule has 100 valence electrons. The van der Waals surface area contributed by atoms with Crippen molar-refractivity contribution in [2.75, 3.05) is 13.6 Å². The van der Waals surface area contributed by atoms with Crippen LogP contribution in [0.1, 0.15) is 38.6 Å². The highest BCUT2D eigenvalue weighted by molar-refractivity contribution is 4.95. The van der Waals surface area contributed by atoms with E-state index >= 15 is 0 Å². The zero-order chi connectivity index (χ0) is 12.5. The van der Waals surface area contributed by atoms with Gasteiger partial charge in [0.25, 0.3) is 0 Å². The van der Waals surface area contributed by atoms with Gasteiger partial charge in [-0.25, -0.2) is 4.98 Å². The number of rotatable bonds is 3. The van der Waals surface area contributed by atoms with Crippen molar-refractivity contribution in [3.8, 4) is 0 Å². The lowest BCUT2D eigenvalue weighted by Gasteiger charge is -2.25. The summed E-state index contributed by atoms with van der Waals surface area (Å²) in [6, 6.07) is 2.62. The van der Waals surface area contributed by atoms with Gasteiger partial charge in [0.05, 0.1) is 6.33 Å². The van der Waals surface area contributed by atoms with Crippen molar-refractivity contribution in [3.63, 3.8) is 0 Å². The van der Waals surface area contributed by atoms with Crippen LogP contribution < -0.4 is 5.32 Å². The third-order valence-corrected chi connectivity index (χ3v) is 4.72. The maximum Gasteiger partial charge on any atom is 0.0949 e. The summed E-state index contributed by atoms with van der Waals surface area (Å²) in [6.45, 7) is 3.51. The zero-order valence-electron chi connectivity index (χ0n) is 11.4. The Kier molecular flexibility index (Phi) is 3.39. The molecule has 1 saturated carbocycles. The number of likely N-dealkylation sites (N-methyl/N-ethyl adjacent to an activating group) is 1. The van der Waals surface area contributed by atoms with Gasteiger partial charge in [0.15, 0.2) is 0 Å². The smallest absolute Gasteiger partial charge is 0.0949 e. The van der Waals surface area contributed by atoms with Gasteiger partial charge in [-0.3, -0.25) is 0 Å². The van der Waals surface area contributed by atoms with Gasteiger partial charge < -0.3 is 14.8 Å². The summed E-state index contributed by atoms with van der Waals surface area (Å²) in [6.07, 6.45) is 11.2. The van der Waals surface area contributed by atoms with E-state index in [1.807, 2.05) is 12.5 Å². The van der Waals surface area contributed by atoms with Crippen molar-refractivity contribution in [2.24, 2.45) is 0 Å². The van der Waals surface area contributed by atoms with E-state index < -0.39 is 0 Å². The van der Waals surface area contributed by atoms with Crippen LogP contribution in [0.3, 0.4) is 0 Å². The molecule has 1 aliphatic carbocycles. The van der Waals surface area contributed by atoms with Gasteiger partial charge >= 0.3 is 0 Å². The van der Waals surface area contributed by atoms with Crippen molar-refractivity contribution in [2.45, 2.75) is 56.8 Å². The lowest BCUT2D eigenvalue weighted by atomic mass is 10.1. The van der Waals surface area contributed by atoms with Crippen LogP contribution in [0.15, 0.2) is 18.7 Å². The van der Waals surface area contributed by atoms with Gasteiger partial charge in [-0.15, -0.1) is 0 Å². The summed E-state index contributed by atoms with van der Waals surface area (Å²) in [4.78, 5) is 6.64. The molecule has 0 spiro atoms. The van der Waals surface area contributed by atoms with E-state index in [1.165, 1.54) is 32.2 Å². The molecule has 1 aromatic heterocycles. The van der Waals surface area contributed by atoms with Gasteiger partial charge in [-0.2, -0.15) is 0 Å². The first-order chi connectivity index (χ1) is 8.74. The SMILES string of the molecule is CC1CC(NC2CCCC2n2ccnc2)CN1C. The Labute approximate surface area is 109 Å². The van der Waals surface area contributed by atoms with Crippen LogP contribution in [0, 0.1) is 0 Å². The van der Waals surface area contributed by atoms with Gasteiger partial charge in [0.2, 0.25) is 0 Å². The second-order valence-electron chi connectivity index (χ2n) is 6.00. The van der Waals surface area contributed by atoms with Crippen LogP contribution in [-0.2, 0) is 0 Å². The highest BCUT2D eigenvalue weighted by Gasteiger charge is 2.33. The minimum Gasteiger partial charge on any atom is -0.333 e. The zero-order valence-corrected chi connectivity index (χ0v) is 11.4. The molecule has 2 fully saturated rings.